The SMILES string of the molecule is COC(=O)c1cccc(S(=O)(=O)NC(=O)c2cccs2)c1. The predicted molar refractivity (Wildman–Crippen MR) is 76.8 cm³/mol. The fourth-order valence-electron chi connectivity index (χ4n) is 1.55. The number of ether oxygens (including phenoxy) is 1. The maximum absolute atomic E-state index is 12.1. The lowest BCUT2D eigenvalue weighted by molar-refractivity contribution is 0.0600. The number of benzene rings is 1. The number of esters is 1. The molecule has 2 aromatic rings. The highest BCUT2D eigenvalue weighted by molar-refractivity contribution is 7.90. The van der Waals surface area contributed by atoms with Crippen molar-refractivity contribution < 1.29 is 22.7 Å². The van der Waals surface area contributed by atoms with E-state index < -0.39 is 21.9 Å². The van der Waals surface area contributed by atoms with Gasteiger partial charge in [0, 0.05) is 0 Å². The van der Waals surface area contributed by atoms with E-state index in [1.807, 2.05) is 4.72 Å². The third-order valence-electron chi connectivity index (χ3n) is 2.54. The van der Waals surface area contributed by atoms with Crippen LogP contribution < -0.4 is 4.72 Å². The zero-order valence-electron chi connectivity index (χ0n) is 10.9. The van der Waals surface area contributed by atoms with Crippen LogP contribution in [0, 0.1) is 0 Å². The topological polar surface area (TPSA) is 89.5 Å². The van der Waals surface area contributed by atoms with Crippen LogP contribution in [0.3, 0.4) is 0 Å². The van der Waals surface area contributed by atoms with E-state index in [1.54, 1.807) is 11.4 Å². The molecule has 0 aliphatic heterocycles. The van der Waals surface area contributed by atoms with E-state index in [9.17, 15) is 18.0 Å². The highest BCUT2D eigenvalue weighted by Gasteiger charge is 2.20. The lowest BCUT2D eigenvalue weighted by Crippen LogP contribution is -2.30. The summed E-state index contributed by atoms with van der Waals surface area (Å²) in [6.45, 7) is 0. The summed E-state index contributed by atoms with van der Waals surface area (Å²) in [4.78, 5) is 23.3. The first-order valence-corrected chi connectivity index (χ1v) is 8.09. The fraction of sp³-hybridized carbons (Fsp3) is 0.0769. The minimum absolute atomic E-state index is 0.0870. The summed E-state index contributed by atoms with van der Waals surface area (Å²) in [5.41, 5.74) is 0.0870. The van der Waals surface area contributed by atoms with E-state index in [0.29, 0.717) is 0 Å². The van der Waals surface area contributed by atoms with Gasteiger partial charge in [-0.05, 0) is 29.6 Å². The molecule has 0 saturated heterocycles. The molecule has 0 aliphatic carbocycles. The Morgan fingerprint density at radius 1 is 1.19 bits per heavy atom. The lowest BCUT2D eigenvalue weighted by Gasteiger charge is -2.07. The van der Waals surface area contributed by atoms with Crippen molar-refractivity contribution in [1.29, 1.82) is 0 Å². The minimum atomic E-state index is -4.05. The van der Waals surface area contributed by atoms with E-state index >= 15 is 0 Å². The van der Waals surface area contributed by atoms with E-state index in [-0.39, 0.29) is 15.3 Å². The van der Waals surface area contributed by atoms with Crippen molar-refractivity contribution in [2.24, 2.45) is 0 Å². The monoisotopic (exact) mass is 325 g/mol. The van der Waals surface area contributed by atoms with Gasteiger partial charge in [0.25, 0.3) is 15.9 Å². The van der Waals surface area contributed by atoms with E-state index in [0.717, 1.165) is 17.4 Å². The number of amides is 1. The van der Waals surface area contributed by atoms with E-state index in [4.69, 9.17) is 0 Å². The molecular weight excluding hydrogens is 314 g/mol. The van der Waals surface area contributed by atoms with Gasteiger partial charge in [0.1, 0.15) is 0 Å². The molecule has 1 amide bonds. The van der Waals surface area contributed by atoms with Crippen LogP contribution in [0.5, 0.6) is 0 Å². The molecule has 0 saturated carbocycles. The minimum Gasteiger partial charge on any atom is -0.465 e. The molecule has 1 heterocycles. The van der Waals surface area contributed by atoms with Crippen LogP contribution in [-0.2, 0) is 14.8 Å². The van der Waals surface area contributed by atoms with E-state index in [1.165, 1.54) is 31.4 Å². The number of nitrogens with one attached hydrogen (secondary N) is 1. The van der Waals surface area contributed by atoms with Crippen LogP contribution in [0.25, 0.3) is 0 Å². The third-order valence-corrected chi connectivity index (χ3v) is 4.73. The summed E-state index contributed by atoms with van der Waals surface area (Å²) < 4.78 is 30.7. The van der Waals surface area contributed by atoms with Gasteiger partial charge in [-0.3, -0.25) is 4.79 Å². The molecule has 0 fully saturated rings. The normalized spacial score (nSPS) is 10.9. The van der Waals surface area contributed by atoms with Gasteiger partial charge in [-0.15, -0.1) is 11.3 Å². The van der Waals surface area contributed by atoms with Gasteiger partial charge < -0.3 is 4.74 Å². The van der Waals surface area contributed by atoms with Crippen LogP contribution in [0.2, 0.25) is 0 Å². The fourth-order valence-corrected chi connectivity index (χ4v) is 3.24. The van der Waals surface area contributed by atoms with Crippen LogP contribution in [0.1, 0.15) is 20.0 Å². The lowest BCUT2D eigenvalue weighted by atomic mass is 10.2. The van der Waals surface area contributed by atoms with Crippen molar-refractivity contribution in [3.05, 3.63) is 52.2 Å². The summed E-state index contributed by atoms with van der Waals surface area (Å²) >= 11 is 1.13. The van der Waals surface area contributed by atoms with Gasteiger partial charge in [-0.25, -0.2) is 17.9 Å². The molecule has 21 heavy (non-hydrogen) atoms. The number of carbonyl (C=O) groups excluding carboxylic acids is 2. The molecule has 110 valence electrons. The Balaban J connectivity index is 2.28. The van der Waals surface area contributed by atoms with Crippen molar-refractivity contribution in [3.63, 3.8) is 0 Å². The van der Waals surface area contributed by atoms with Crippen LogP contribution in [0.4, 0.5) is 0 Å². The van der Waals surface area contributed by atoms with Crippen molar-refractivity contribution in [2.75, 3.05) is 7.11 Å². The first-order chi connectivity index (χ1) is 9.94. The molecule has 1 aromatic heterocycles. The Morgan fingerprint density at radius 2 is 1.95 bits per heavy atom. The molecule has 0 atom stereocenters. The zero-order valence-corrected chi connectivity index (χ0v) is 12.5. The highest BCUT2D eigenvalue weighted by Crippen LogP contribution is 2.14. The summed E-state index contributed by atoms with van der Waals surface area (Å²) in [5.74, 6) is -1.37. The number of hydrogen-bond donors (Lipinski definition) is 1. The molecule has 6 nitrogen and oxygen atoms in total. The average Bonchev–Trinajstić information content (AvgIpc) is 3.00. The number of thiophene rings is 1. The Kier molecular flexibility index (Phi) is 4.39. The second-order valence-corrected chi connectivity index (χ2v) is 6.56. The van der Waals surface area contributed by atoms with Crippen molar-refractivity contribution >= 4 is 33.2 Å². The summed E-state index contributed by atoms with van der Waals surface area (Å²) in [6, 6.07) is 8.42. The molecular formula is C13H11NO5S2. The quantitative estimate of drug-likeness (QED) is 0.863. The molecule has 2 rings (SSSR count). The molecule has 0 bridgehead atoms. The van der Waals surface area contributed by atoms with Crippen molar-refractivity contribution in [3.8, 4) is 0 Å². The number of sulfonamides is 1. The molecule has 1 aromatic carbocycles. The second-order valence-electron chi connectivity index (χ2n) is 3.93. The van der Waals surface area contributed by atoms with Gasteiger partial charge in [-0.2, -0.15) is 0 Å². The Hall–Kier alpha value is -2.19. The second kappa shape index (κ2) is 6.06. The Bertz CT molecular complexity index is 766. The van der Waals surface area contributed by atoms with Gasteiger partial charge in [0.15, 0.2) is 0 Å². The number of hydrogen-bond acceptors (Lipinski definition) is 6. The van der Waals surface area contributed by atoms with Gasteiger partial charge in [0.2, 0.25) is 0 Å². The first kappa shape index (κ1) is 15.2. The molecule has 8 heteroatoms. The largest absolute Gasteiger partial charge is 0.465 e. The smallest absolute Gasteiger partial charge is 0.337 e. The van der Waals surface area contributed by atoms with Crippen molar-refractivity contribution in [2.45, 2.75) is 4.90 Å². The van der Waals surface area contributed by atoms with Crippen LogP contribution in [0.15, 0.2) is 46.7 Å². The third kappa shape index (κ3) is 3.47. The molecule has 1 N–H and O–H groups in total. The molecule has 0 unspecified atom stereocenters. The van der Waals surface area contributed by atoms with Gasteiger partial charge >= 0.3 is 5.97 Å². The maximum atomic E-state index is 12.1. The number of methoxy groups -OCH3 is 1. The average molecular weight is 325 g/mol. The Labute approximate surface area is 125 Å². The highest BCUT2D eigenvalue weighted by atomic mass is 32.2. The number of rotatable bonds is 4. The predicted octanol–water partition coefficient (Wildman–Crippen LogP) is 1.65. The maximum Gasteiger partial charge on any atom is 0.337 e. The van der Waals surface area contributed by atoms with Crippen LogP contribution in [-0.4, -0.2) is 27.4 Å². The van der Waals surface area contributed by atoms with Gasteiger partial charge in [-0.1, -0.05) is 12.1 Å². The van der Waals surface area contributed by atoms with E-state index in [2.05, 4.69) is 4.74 Å². The zero-order chi connectivity index (χ0) is 15.5. The molecule has 0 radical (unpaired) electrons. The summed E-state index contributed by atoms with van der Waals surface area (Å²) in [5, 5.41) is 1.67. The first-order valence-electron chi connectivity index (χ1n) is 5.73. The summed E-state index contributed by atoms with van der Waals surface area (Å²) in [7, 11) is -2.85. The standard InChI is InChI=1S/C13H11NO5S2/c1-19-13(16)9-4-2-5-10(8-9)21(17,18)14-12(15)11-6-3-7-20-11/h2-8H,1H3,(H,14,15). The van der Waals surface area contributed by atoms with Crippen LogP contribution >= 0.6 is 11.3 Å². The summed E-state index contributed by atoms with van der Waals surface area (Å²) in [6.07, 6.45) is 0. The van der Waals surface area contributed by atoms with Crippen molar-refractivity contribution in [1.82, 2.24) is 4.72 Å². The number of carbonyl (C=O) groups is 2. The molecule has 0 spiro atoms. The van der Waals surface area contributed by atoms with Gasteiger partial charge in [0.05, 0.1) is 22.4 Å². The Morgan fingerprint density at radius 3 is 2.57 bits per heavy atom. The molecule has 0 aliphatic rings.